The van der Waals surface area contributed by atoms with Crippen LogP contribution in [-0.4, -0.2) is 18.6 Å². The van der Waals surface area contributed by atoms with Gasteiger partial charge < -0.3 is 16.2 Å². The third-order valence-electron chi connectivity index (χ3n) is 2.70. The number of aryl methyl sites for hydroxylation is 1. The quantitative estimate of drug-likeness (QED) is 0.735. The van der Waals surface area contributed by atoms with Crippen LogP contribution in [0.3, 0.4) is 0 Å². The maximum absolute atomic E-state index is 10.7. The van der Waals surface area contributed by atoms with Gasteiger partial charge in [-0.3, -0.25) is 4.79 Å². The first kappa shape index (κ1) is 14.5. The Labute approximate surface area is 108 Å². The van der Waals surface area contributed by atoms with E-state index in [1.807, 2.05) is 25.1 Å². The Morgan fingerprint density at radius 1 is 1.44 bits per heavy atom. The number of ether oxygens (including phenoxy) is 1. The van der Waals surface area contributed by atoms with Crippen molar-refractivity contribution in [3.05, 3.63) is 29.8 Å². The van der Waals surface area contributed by atoms with Crippen LogP contribution < -0.4 is 16.2 Å². The third kappa shape index (κ3) is 5.68. The summed E-state index contributed by atoms with van der Waals surface area (Å²) in [5.74, 6) is 0.545. The van der Waals surface area contributed by atoms with Gasteiger partial charge in [0.05, 0.1) is 6.10 Å². The Bertz CT molecular complexity index is 380. The Morgan fingerprint density at radius 2 is 2.22 bits per heavy atom. The number of nitrogens with two attached hydrogens (primary N) is 2. The molecule has 0 heterocycles. The SMILES string of the molecule is CC(CCC(N)=O)Oc1cccc(CCCN)c1. The zero-order chi connectivity index (χ0) is 13.4. The highest BCUT2D eigenvalue weighted by molar-refractivity contribution is 5.73. The number of hydrogen-bond donors (Lipinski definition) is 2. The van der Waals surface area contributed by atoms with Gasteiger partial charge in [-0.15, -0.1) is 0 Å². The molecule has 1 atom stereocenters. The Morgan fingerprint density at radius 3 is 2.89 bits per heavy atom. The Hall–Kier alpha value is -1.55. The van der Waals surface area contributed by atoms with Crippen LogP contribution in [-0.2, 0) is 11.2 Å². The second-order valence-corrected chi connectivity index (χ2v) is 4.47. The molecular weight excluding hydrogens is 228 g/mol. The zero-order valence-corrected chi connectivity index (χ0v) is 10.9. The molecule has 1 aromatic rings. The van der Waals surface area contributed by atoms with Gasteiger partial charge in [-0.2, -0.15) is 0 Å². The molecule has 1 rings (SSSR count). The number of benzene rings is 1. The predicted octanol–water partition coefficient (Wildman–Crippen LogP) is 1.61. The van der Waals surface area contributed by atoms with E-state index in [0.29, 0.717) is 19.4 Å². The van der Waals surface area contributed by atoms with E-state index >= 15 is 0 Å². The van der Waals surface area contributed by atoms with Crippen LogP contribution >= 0.6 is 0 Å². The van der Waals surface area contributed by atoms with E-state index in [1.54, 1.807) is 0 Å². The van der Waals surface area contributed by atoms with Crippen LogP contribution in [0.2, 0.25) is 0 Å². The van der Waals surface area contributed by atoms with Crippen molar-refractivity contribution in [1.29, 1.82) is 0 Å². The lowest BCUT2D eigenvalue weighted by atomic mass is 10.1. The lowest BCUT2D eigenvalue weighted by Gasteiger charge is -2.14. The number of rotatable bonds is 8. The fraction of sp³-hybridized carbons (Fsp3) is 0.500. The molecule has 4 heteroatoms. The summed E-state index contributed by atoms with van der Waals surface area (Å²) in [5, 5.41) is 0. The van der Waals surface area contributed by atoms with Crippen molar-refractivity contribution in [2.75, 3.05) is 6.54 Å². The first-order chi connectivity index (χ1) is 8.61. The molecule has 0 aromatic heterocycles. The fourth-order valence-corrected chi connectivity index (χ4v) is 1.72. The molecule has 4 N–H and O–H groups in total. The minimum Gasteiger partial charge on any atom is -0.491 e. The van der Waals surface area contributed by atoms with Crippen LogP contribution in [0.1, 0.15) is 31.7 Å². The first-order valence-corrected chi connectivity index (χ1v) is 6.35. The highest BCUT2D eigenvalue weighted by Crippen LogP contribution is 2.17. The van der Waals surface area contributed by atoms with Crippen molar-refractivity contribution < 1.29 is 9.53 Å². The lowest BCUT2D eigenvalue weighted by Crippen LogP contribution is -2.17. The van der Waals surface area contributed by atoms with Crippen LogP contribution in [0.25, 0.3) is 0 Å². The van der Waals surface area contributed by atoms with Crippen LogP contribution in [0.5, 0.6) is 5.75 Å². The molecule has 1 unspecified atom stereocenters. The molecule has 0 aliphatic rings. The van der Waals surface area contributed by atoms with E-state index in [1.165, 1.54) is 5.56 Å². The standard InChI is InChI=1S/C14H22N2O2/c1-11(7-8-14(16)17)18-13-6-2-4-12(10-13)5-3-9-15/h2,4,6,10-11H,3,5,7-9,15H2,1H3,(H2,16,17). The summed E-state index contributed by atoms with van der Waals surface area (Å²) >= 11 is 0. The van der Waals surface area contributed by atoms with Crippen molar-refractivity contribution in [2.45, 2.75) is 38.7 Å². The molecule has 0 radical (unpaired) electrons. The summed E-state index contributed by atoms with van der Waals surface area (Å²) in [4.78, 5) is 10.7. The van der Waals surface area contributed by atoms with E-state index in [4.69, 9.17) is 16.2 Å². The van der Waals surface area contributed by atoms with E-state index in [9.17, 15) is 4.79 Å². The average molecular weight is 250 g/mol. The van der Waals surface area contributed by atoms with Gasteiger partial charge >= 0.3 is 0 Å². The molecule has 0 saturated carbocycles. The molecule has 0 saturated heterocycles. The summed E-state index contributed by atoms with van der Waals surface area (Å²) in [6, 6.07) is 7.99. The van der Waals surface area contributed by atoms with Crippen molar-refractivity contribution in [2.24, 2.45) is 11.5 Å². The van der Waals surface area contributed by atoms with Crippen LogP contribution in [0.4, 0.5) is 0 Å². The van der Waals surface area contributed by atoms with E-state index < -0.39 is 0 Å². The van der Waals surface area contributed by atoms with Gasteiger partial charge in [-0.1, -0.05) is 12.1 Å². The van der Waals surface area contributed by atoms with Gasteiger partial charge in [0.25, 0.3) is 0 Å². The second kappa shape index (κ2) is 7.71. The summed E-state index contributed by atoms with van der Waals surface area (Å²) in [5.41, 5.74) is 11.8. The number of carbonyl (C=O) groups excluding carboxylic acids is 1. The molecule has 100 valence electrons. The normalized spacial score (nSPS) is 12.1. The highest BCUT2D eigenvalue weighted by Gasteiger charge is 2.06. The van der Waals surface area contributed by atoms with Crippen LogP contribution in [0.15, 0.2) is 24.3 Å². The smallest absolute Gasteiger partial charge is 0.217 e. The topological polar surface area (TPSA) is 78.3 Å². The first-order valence-electron chi connectivity index (χ1n) is 6.35. The monoisotopic (exact) mass is 250 g/mol. The van der Waals surface area contributed by atoms with Gasteiger partial charge in [0.15, 0.2) is 0 Å². The third-order valence-corrected chi connectivity index (χ3v) is 2.70. The summed E-state index contributed by atoms with van der Waals surface area (Å²) < 4.78 is 5.75. The Balaban J connectivity index is 2.47. The summed E-state index contributed by atoms with van der Waals surface area (Å²) in [7, 11) is 0. The van der Waals surface area contributed by atoms with Crippen molar-refractivity contribution in [3.63, 3.8) is 0 Å². The largest absolute Gasteiger partial charge is 0.491 e. The van der Waals surface area contributed by atoms with Gasteiger partial charge in [-0.25, -0.2) is 0 Å². The van der Waals surface area contributed by atoms with Gasteiger partial charge in [0, 0.05) is 6.42 Å². The van der Waals surface area contributed by atoms with Gasteiger partial charge in [0.2, 0.25) is 5.91 Å². The van der Waals surface area contributed by atoms with Crippen LogP contribution in [0, 0.1) is 0 Å². The highest BCUT2D eigenvalue weighted by atomic mass is 16.5. The lowest BCUT2D eigenvalue weighted by molar-refractivity contribution is -0.118. The van der Waals surface area contributed by atoms with E-state index in [-0.39, 0.29) is 12.0 Å². The number of primary amides is 1. The maximum atomic E-state index is 10.7. The fourth-order valence-electron chi connectivity index (χ4n) is 1.72. The number of amides is 1. The van der Waals surface area contributed by atoms with Crippen molar-refractivity contribution in [3.8, 4) is 5.75 Å². The van der Waals surface area contributed by atoms with Crippen molar-refractivity contribution >= 4 is 5.91 Å². The maximum Gasteiger partial charge on any atom is 0.217 e. The molecule has 1 aromatic carbocycles. The molecule has 1 amide bonds. The van der Waals surface area contributed by atoms with E-state index in [2.05, 4.69) is 6.07 Å². The molecule has 0 bridgehead atoms. The Kier molecular flexibility index (Phi) is 6.22. The molecular formula is C14H22N2O2. The molecule has 4 nitrogen and oxygen atoms in total. The van der Waals surface area contributed by atoms with Gasteiger partial charge in [0.1, 0.15) is 5.75 Å². The second-order valence-electron chi connectivity index (χ2n) is 4.47. The number of hydrogen-bond acceptors (Lipinski definition) is 3. The van der Waals surface area contributed by atoms with Crippen molar-refractivity contribution in [1.82, 2.24) is 0 Å². The van der Waals surface area contributed by atoms with E-state index in [0.717, 1.165) is 18.6 Å². The zero-order valence-electron chi connectivity index (χ0n) is 10.9. The van der Waals surface area contributed by atoms with Gasteiger partial charge in [-0.05, 0) is 50.4 Å². The summed E-state index contributed by atoms with van der Waals surface area (Å²) in [6.07, 6.45) is 2.92. The molecule has 0 aliphatic heterocycles. The minimum atomic E-state index is -0.290. The average Bonchev–Trinajstić information content (AvgIpc) is 2.34. The number of carbonyl (C=O) groups is 1. The molecule has 18 heavy (non-hydrogen) atoms. The minimum absolute atomic E-state index is 0.0118. The summed E-state index contributed by atoms with van der Waals surface area (Å²) in [6.45, 7) is 2.63. The predicted molar refractivity (Wildman–Crippen MR) is 72.3 cm³/mol. The molecule has 0 aliphatic carbocycles. The molecule has 0 fully saturated rings. The molecule has 0 spiro atoms.